The van der Waals surface area contributed by atoms with E-state index in [0.29, 0.717) is 0 Å². The molecular weight excluding hydrogens is 334 g/mol. The Kier molecular flexibility index (Phi) is 6.13. The molecule has 0 aliphatic rings. The summed E-state index contributed by atoms with van der Waals surface area (Å²) in [7, 11) is 0. The van der Waals surface area contributed by atoms with E-state index >= 15 is 0 Å². The first-order chi connectivity index (χ1) is 9.70. The normalized spacial score (nSPS) is 10.9. The van der Waals surface area contributed by atoms with E-state index in [0.717, 1.165) is 46.0 Å². The van der Waals surface area contributed by atoms with Gasteiger partial charge >= 0.3 is 0 Å². The summed E-state index contributed by atoms with van der Waals surface area (Å²) in [6, 6.07) is 6.31. The number of hydrogen-bond donors (Lipinski definition) is 1. The molecule has 0 bridgehead atoms. The molecular formula is C15H20BrN3S. The fourth-order valence-electron chi connectivity index (χ4n) is 1.92. The molecule has 0 radical (unpaired) electrons. The summed E-state index contributed by atoms with van der Waals surface area (Å²) in [5.74, 6) is 0. The van der Waals surface area contributed by atoms with Gasteiger partial charge in [0, 0.05) is 16.5 Å². The second kappa shape index (κ2) is 7.86. The fraction of sp³-hybridized carbons (Fsp3) is 0.467. The van der Waals surface area contributed by atoms with Crippen molar-refractivity contribution < 1.29 is 0 Å². The van der Waals surface area contributed by atoms with Crippen molar-refractivity contribution in [2.75, 3.05) is 13.1 Å². The van der Waals surface area contributed by atoms with Gasteiger partial charge in [-0.1, -0.05) is 40.3 Å². The van der Waals surface area contributed by atoms with E-state index in [-0.39, 0.29) is 0 Å². The third-order valence-corrected chi connectivity index (χ3v) is 4.96. The molecule has 0 atom stereocenters. The number of rotatable bonds is 7. The van der Waals surface area contributed by atoms with Crippen LogP contribution in [0.1, 0.15) is 30.3 Å². The average Bonchev–Trinajstić information content (AvgIpc) is 2.90. The molecule has 1 heterocycles. The van der Waals surface area contributed by atoms with Crippen LogP contribution in [0.5, 0.6) is 0 Å². The van der Waals surface area contributed by atoms with Crippen molar-refractivity contribution >= 4 is 27.3 Å². The van der Waals surface area contributed by atoms with Crippen LogP contribution in [0.25, 0.3) is 10.6 Å². The highest BCUT2D eigenvalue weighted by molar-refractivity contribution is 9.10. The molecule has 0 fully saturated rings. The lowest BCUT2D eigenvalue weighted by molar-refractivity contribution is 0.637. The van der Waals surface area contributed by atoms with Gasteiger partial charge in [0.05, 0.1) is 0 Å². The molecule has 20 heavy (non-hydrogen) atoms. The van der Waals surface area contributed by atoms with Crippen LogP contribution in [0.15, 0.2) is 22.7 Å². The van der Waals surface area contributed by atoms with Gasteiger partial charge in [0.1, 0.15) is 10.0 Å². The minimum absolute atomic E-state index is 1.00. The zero-order valence-electron chi connectivity index (χ0n) is 11.9. The quantitative estimate of drug-likeness (QED) is 0.757. The number of nitrogens with one attached hydrogen (secondary N) is 1. The van der Waals surface area contributed by atoms with Crippen LogP contribution < -0.4 is 5.32 Å². The molecule has 0 aliphatic heterocycles. The van der Waals surface area contributed by atoms with Crippen molar-refractivity contribution in [3.8, 4) is 10.6 Å². The maximum absolute atomic E-state index is 4.31. The van der Waals surface area contributed by atoms with Crippen molar-refractivity contribution in [1.29, 1.82) is 0 Å². The summed E-state index contributed by atoms with van der Waals surface area (Å²) in [4.78, 5) is 0. The van der Waals surface area contributed by atoms with Crippen LogP contribution in [0.2, 0.25) is 0 Å². The summed E-state index contributed by atoms with van der Waals surface area (Å²) in [5.41, 5.74) is 2.38. The minimum Gasteiger partial charge on any atom is -0.317 e. The number of aryl methyl sites for hydroxylation is 2. The third kappa shape index (κ3) is 4.36. The molecule has 5 heteroatoms. The Labute approximate surface area is 133 Å². The molecule has 0 unspecified atom stereocenters. The Morgan fingerprint density at radius 2 is 2.10 bits per heavy atom. The van der Waals surface area contributed by atoms with E-state index in [9.17, 15) is 0 Å². The van der Waals surface area contributed by atoms with Crippen molar-refractivity contribution in [3.63, 3.8) is 0 Å². The lowest BCUT2D eigenvalue weighted by Crippen LogP contribution is -2.16. The molecule has 2 rings (SSSR count). The summed E-state index contributed by atoms with van der Waals surface area (Å²) in [6.45, 7) is 6.43. The van der Waals surface area contributed by atoms with Gasteiger partial charge in [-0.2, -0.15) is 0 Å². The number of aromatic nitrogens is 2. The second-order valence-corrected chi connectivity index (χ2v) is 6.73. The van der Waals surface area contributed by atoms with Gasteiger partial charge < -0.3 is 5.32 Å². The van der Waals surface area contributed by atoms with E-state index in [2.05, 4.69) is 63.5 Å². The molecule has 0 spiro atoms. The van der Waals surface area contributed by atoms with Gasteiger partial charge in [0.15, 0.2) is 0 Å². The highest BCUT2D eigenvalue weighted by atomic mass is 79.9. The maximum Gasteiger partial charge on any atom is 0.147 e. The van der Waals surface area contributed by atoms with Gasteiger partial charge in [-0.25, -0.2) is 0 Å². The zero-order chi connectivity index (χ0) is 14.4. The van der Waals surface area contributed by atoms with Crippen LogP contribution >= 0.6 is 27.3 Å². The van der Waals surface area contributed by atoms with E-state index < -0.39 is 0 Å². The number of benzene rings is 1. The molecule has 0 amide bonds. The van der Waals surface area contributed by atoms with E-state index in [1.54, 1.807) is 11.3 Å². The third-order valence-electron chi connectivity index (χ3n) is 3.04. The van der Waals surface area contributed by atoms with Crippen molar-refractivity contribution in [1.82, 2.24) is 15.5 Å². The Bertz CT molecular complexity index is 554. The molecule has 1 aromatic carbocycles. The van der Waals surface area contributed by atoms with E-state index in [4.69, 9.17) is 0 Å². The van der Waals surface area contributed by atoms with Crippen LogP contribution in [-0.2, 0) is 6.42 Å². The van der Waals surface area contributed by atoms with Crippen molar-refractivity contribution in [3.05, 3.63) is 33.2 Å². The first kappa shape index (κ1) is 15.6. The lowest BCUT2D eigenvalue weighted by Gasteiger charge is -2.00. The molecule has 2 aromatic rings. The summed E-state index contributed by atoms with van der Waals surface area (Å²) in [6.07, 6.45) is 3.31. The smallest absolute Gasteiger partial charge is 0.147 e. The summed E-state index contributed by atoms with van der Waals surface area (Å²) < 4.78 is 1.13. The summed E-state index contributed by atoms with van der Waals surface area (Å²) >= 11 is 5.22. The summed E-state index contributed by atoms with van der Waals surface area (Å²) in [5, 5.41) is 14.1. The number of nitrogens with zero attached hydrogens (tertiary/aromatic N) is 2. The topological polar surface area (TPSA) is 37.8 Å². The van der Waals surface area contributed by atoms with Gasteiger partial charge in [0.25, 0.3) is 0 Å². The maximum atomic E-state index is 4.31. The molecule has 1 N–H and O–H groups in total. The monoisotopic (exact) mass is 353 g/mol. The van der Waals surface area contributed by atoms with Crippen molar-refractivity contribution in [2.24, 2.45) is 0 Å². The van der Waals surface area contributed by atoms with E-state index in [1.165, 1.54) is 12.0 Å². The Morgan fingerprint density at radius 1 is 1.25 bits per heavy atom. The molecule has 108 valence electrons. The van der Waals surface area contributed by atoms with Crippen LogP contribution in [0.4, 0.5) is 0 Å². The Balaban J connectivity index is 1.93. The van der Waals surface area contributed by atoms with Crippen LogP contribution in [0, 0.1) is 6.92 Å². The highest BCUT2D eigenvalue weighted by Gasteiger charge is 2.07. The van der Waals surface area contributed by atoms with E-state index in [1.807, 2.05) is 0 Å². The molecule has 3 nitrogen and oxygen atoms in total. The first-order valence-corrected chi connectivity index (χ1v) is 8.61. The van der Waals surface area contributed by atoms with Crippen molar-refractivity contribution in [2.45, 2.75) is 33.1 Å². The van der Waals surface area contributed by atoms with Gasteiger partial charge in [-0.05, 0) is 50.6 Å². The van der Waals surface area contributed by atoms with Gasteiger partial charge in [-0.3, -0.25) is 0 Å². The van der Waals surface area contributed by atoms with Crippen LogP contribution in [0.3, 0.4) is 0 Å². The minimum atomic E-state index is 1.00. The molecule has 0 saturated carbocycles. The zero-order valence-corrected chi connectivity index (χ0v) is 14.4. The Hall–Kier alpha value is -0.780. The molecule has 0 aliphatic carbocycles. The lowest BCUT2D eigenvalue weighted by atomic mass is 10.1. The standard InChI is InChI=1S/C15H20BrN3S/c1-3-8-17-9-4-5-14-18-19-15(20-14)12-6-7-13(16)11(2)10-12/h6-7,10,17H,3-5,8-9H2,1-2H3. The van der Waals surface area contributed by atoms with Gasteiger partial charge in [0.2, 0.25) is 0 Å². The highest BCUT2D eigenvalue weighted by Crippen LogP contribution is 2.27. The largest absolute Gasteiger partial charge is 0.317 e. The number of hydrogen-bond acceptors (Lipinski definition) is 4. The SMILES string of the molecule is CCCNCCCc1nnc(-c2ccc(Br)c(C)c2)s1. The fourth-order valence-corrected chi connectivity index (χ4v) is 3.04. The predicted molar refractivity (Wildman–Crippen MR) is 89.3 cm³/mol. The number of halogens is 1. The molecule has 0 saturated heterocycles. The average molecular weight is 354 g/mol. The Morgan fingerprint density at radius 3 is 2.85 bits per heavy atom. The van der Waals surface area contributed by atoms with Crippen LogP contribution in [-0.4, -0.2) is 23.3 Å². The molecule has 1 aromatic heterocycles. The predicted octanol–water partition coefficient (Wildman–Crippen LogP) is 4.21. The second-order valence-electron chi connectivity index (χ2n) is 4.82. The first-order valence-electron chi connectivity index (χ1n) is 7.00. The van der Waals surface area contributed by atoms with Gasteiger partial charge in [-0.15, -0.1) is 10.2 Å².